The second-order valence-corrected chi connectivity index (χ2v) is 8.31. The highest BCUT2D eigenvalue weighted by Gasteiger charge is 2.36. The van der Waals surface area contributed by atoms with Crippen LogP contribution in [0.1, 0.15) is 21.3 Å². The van der Waals surface area contributed by atoms with E-state index in [0.29, 0.717) is 39.9 Å². The molecule has 0 bridgehead atoms. The number of para-hydroxylation sites is 3. The minimum Gasteiger partial charge on any atom is -0.497 e. The van der Waals surface area contributed by atoms with E-state index in [2.05, 4.69) is 5.32 Å². The third kappa shape index (κ3) is 4.61. The van der Waals surface area contributed by atoms with E-state index in [9.17, 15) is 9.59 Å². The maximum Gasteiger partial charge on any atom is 0.255 e. The Hall–Kier alpha value is -3.65. The topological polar surface area (TPSA) is 77.1 Å². The SMILES string of the molecule is COc1cc(OC)cc(C(=O)Nc2ccccc2C2SCC(=O)N2c2ccccc2OC)c1. The molecule has 4 rings (SSSR count). The van der Waals surface area contributed by atoms with E-state index in [4.69, 9.17) is 14.2 Å². The van der Waals surface area contributed by atoms with Gasteiger partial charge >= 0.3 is 0 Å². The van der Waals surface area contributed by atoms with E-state index in [1.54, 1.807) is 30.2 Å². The predicted octanol–water partition coefficient (Wildman–Crippen LogP) is 4.74. The van der Waals surface area contributed by atoms with Gasteiger partial charge < -0.3 is 19.5 Å². The van der Waals surface area contributed by atoms with Gasteiger partial charge in [-0.1, -0.05) is 30.3 Å². The molecule has 0 aliphatic carbocycles. The molecule has 1 heterocycles. The number of hydrogen-bond acceptors (Lipinski definition) is 6. The Balaban J connectivity index is 1.68. The van der Waals surface area contributed by atoms with E-state index >= 15 is 0 Å². The molecule has 0 aromatic heterocycles. The standard InChI is InChI=1S/C25H24N2O5S/c1-30-17-12-16(13-18(14-17)31-2)24(29)26-20-9-5-4-8-19(20)25-27(23(28)15-33-25)21-10-6-7-11-22(21)32-3/h4-14,25H,15H2,1-3H3,(H,26,29). The Morgan fingerprint density at radius 1 is 0.939 bits per heavy atom. The van der Waals surface area contributed by atoms with Gasteiger partial charge in [0.2, 0.25) is 5.91 Å². The highest BCUT2D eigenvalue weighted by atomic mass is 32.2. The number of nitrogens with zero attached hydrogens (tertiary/aromatic N) is 1. The zero-order valence-electron chi connectivity index (χ0n) is 18.5. The lowest BCUT2D eigenvalue weighted by Gasteiger charge is -2.27. The number of benzene rings is 3. The van der Waals surface area contributed by atoms with Crippen molar-refractivity contribution < 1.29 is 23.8 Å². The molecule has 33 heavy (non-hydrogen) atoms. The van der Waals surface area contributed by atoms with Crippen molar-refractivity contribution in [2.45, 2.75) is 5.37 Å². The van der Waals surface area contributed by atoms with Gasteiger partial charge in [0.05, 0.1) is 32.8 Å². The smallest absolute Gasteiger partial charge is 0.255 e. The Labute approximate surface area is 196 Å². The van der Waals surface area contributed by atoms with Crippen molar-refractivity contribution >= 4 is 35.0 Å². The molecule has 1 N–H and O–H groups in total. The molecule has 8 heteroatoms. The molecule has 2 amide bonds. The molecule has 3 aromatic rings. The van der Waals surface area contributed by atoms with Crippen LogP contribution >= 0.6 is 11.8 Å². The first-order valence-corrected chi connectivity index (χ1v) is 11.3. The monoisotopic (exact) mass is 464 g/mol. The first-order valence-electron chi connectivity index (χ1n) is 10.3. The summed E-state index contributed by atoms with van der Waals surface area (Å²) in [7, 11) is 4.65. The summed E-state index contributed by atoms with van der Waals surface area (Å²) in [6, 6.07) is 19.9. The molecule has 1 atom stereocenters. The lowest BCUT2D eigenvalue weighted by atomic mass is 10.1. The first-order chi connectivity index (χ1) is 16.0. The lowest BCUT2D eigenvalue weighted by molar-refractivity contribution is -0.115. The summed E-state index contributed by atoms with van der Waals surface area (Å²) in [5.41, 5.74) is 2.54. The molecule has 0 radical (unpaired) electrons. The van der Waals surface area contributed by atoms with E-state index in [0.717, 1.165) is 5.56 Å². The van der Waals surface area contributed by atoms with Gasteiger partial charge in [-0.15, -0.1) is 11.8 Å². The minimum absolute atomic E-state index is 0.0202. The van der Waals surface area contributed by atoms with Crippen LogP contribution in [0.3, 0.4) is 0 Å². The molecule has 1 saturated heterocycles. The lowest BCUT2D eigenvalue weighted by Crippen LogP contribution is -2.29. The normalized spacial score (nSPS) is 15.3. The summed E-state index contributed by atoms with van der Waals surface area (Å²) in [6.45, 7) is 0. The molecule has 0 spiro atoms. The van der Waals surface area contributed by atoms with Gasteiger partial charge in [0.15, 0.2) is 0 Å². The fourth-order valence-electron chi connectivity index (χ4n) is 3.70. The molecule has 3 aromatic carbocycles. The van der Waals surface area contributed by atoms with Crippen molar-refractivity contribution in [1.82, 2.24) is 0 Å². The van der Waals surface area contributed by atoms with Crippen LogP contribution in [0, 0.1) is 0 Å². The summed E-state index contributed by atoms with van der Waals surface area (Å²) >= 11 is 1.50. The van der Waals surface area contributed by atoms with E-state index in [-0.39, 0.29) is 17.2 Å². The van der Waals surface area contributed by atoms with Crippen LogP contribution in [0.2, 0.25) is 0 Å². The minimum atomic E-state index is -0.315. The third-order valence-corrected chi connectivity index (χ3v) is 6.50. The number of carbonyl (C=O) groups excluding carboxylic acids is 2. The summed E-state index contributed by atoms with van der Waals surface area (Å²) in [4.78, 5) is 27.7. The maximum absolute atomic E-state index is 13.1. The van der Waals surface area contributed by atoms with Crippen LogP contribution in [0.5, 0.6) is 17.2 Å². The number of ether oxygens (including phenoxy) is 3. The quantitative estimate of drug-likeness (QED) is 0.544. The molecule has 1 aliphatic rings. The van der Waals surface area contributed by atoms with Crippen LogP contribution in [0.4, 0.5) is 11.4 Å². The number of carbonyl (C=O) groups is 2. The van der Waals surface area contributed by atoms with Crippen molar-refractivity contribution in [3.05, 3.63) is 77.9 Å². The summed E-state index contributed by atoms with van der Waals surface area (Å²) in [6.07, 6.45) is 0. The van der Waals surface area contributed by atoms with E-state index < -0.39 is 0 Å². The highest BCUT2D eigenvalue weighted by Crippen LogP contribution is 2.46. The van der Waals surface area contributed by atoms with Crippen molar-refractivity contribution in [3.8, 4) is 17.2 Å². The summed E-state index contributed by atoms with van der Waals surface area (Å²) in [5, 5.41) is 2.67. The molecule has 1 unspecified atom stereocenters. The number of hydrogen-bond donors (Lipinski definition) is 1. The van der Waals surface area contributed by atoms with Gasteiger partial charge in [-0.25, -0.2) is 0 Å². The number of methoxy groups -OCH3 is 3. The number of amides is 2. The Morgan fingerprint density at radius 2 is 1.61 bits per heavy atom. The third-order valence-electron chi connectivity index (χ3n) is 5.30. The van der Waals surface area contributed by atoms with Gasteiger partial charge in [0, 0.05) is 22.9 Å². The Bertz CT molecular complexity index is 1160. The molecule has 1 fully saturated rings. The maximum atomic E-state index is 13.1. The van der Waals surface area contributed by atoms with Crippen molar-refractivity contribution in [2.24, 2.45) is 0 Å². The second kappa shape index (κ2) is 9.87. The molecular weight excluding hydrogens is 440 g/mol. The Kier molecular flexibility index (Phi) is 6.74. The molecule has 0 saturated carbocycles. The van der Waals surface area contributed by atoms with Crippen LogP contribution in [-0.2, 0) is 4.79 Å². The Morgan fingerprint density at radius 3 is 2.30 bits per heavy atom. The number of thioether (sulfide) groups is 1. The number of nitrogens with one attached hydrogen (secondary N) is 1. The van der Waals surface area contributed by atoms with Gasteiger partial charge in [0.25, 0.3) is 5.91 Å². The molecule has 1 aliphatic heterocycles. The summed E-state index contributed by atoms with van der Waals surface area (Å²) in [5.74, 6) is 1.66. The van der Waals surface area contributed by atoms with Crippen molar-refractivity contribution in [3.63, 3.8) is 0 Å². The first kappa shape index (κ1) is 22.5. The van der Waals surface area contributed by atoms with E-state index in [1.165, 1.54) is 26.0 Å². The fourth-order valence-corrected chi connectivity index (χ4v) is 4.91. The predicted molar refractivity (Wildman–Crippen MR) is 130 cm³/mol. The zero-order valence-corrected chi connectivity index (χ0v) is 19.3. The van der Waals surface area contributed by atoms with Crippen molar-refractivity contribution in [1.29, 1.82) is 0 Å². The van der Waals surface area contributed by atoms with Gasteiger partial charge in [-0.3, -0.25) is 14.5 Å². The van der Waals surface area contributed by atoms with Gasteiger partial charge in [-0.05, 0) is 30.3 Å². The van der Waals surface area contributed by atoms with Crippen LogP contribution in [0.15, 0.2) is 66.7 Å². The van der Waals surface area contributed by atoms with Crippen molar-refractivity contribution in [2.75, 3.05) is 37.3 Å². The fraction of sp³-hybridized carbons (Fsp3) is 0.200. The average molecular weight is 465 g/mol. The zero-order chi connectivity index (χ0) is 23.4. The largest absolute Gasteiger partial charge is 0.497 e. The second-order valence-electron chi connectivity index (χ2n) is 7.24. The van der Waals surface area contributed by atoms with Crippen LogP contribution in [0.25, 0.3) is 0 Å². The number of rotatable bonds is 7. The average Bonchev–Trinajstić information content (AvgIpc) is 3.24. The van der Waals surface area contributed by atoms with Gasteiger partial charge in [0.1, 0.15) is 22.6 Å². The van der Waals surface area contributed by atoms with Gasteiger partial charge in [-0.2, -0.15) is 0 Å². The molecule has 170 valence electrons. The van der Waals surface area contributed by atoms with Crippen LogP contribution < -0.4 is 24.4 Å². The highest BCUT2D eigenvalue weighted by molar-refractivity contribution is 8.00. The van der Waals surface area contributed by atoms with E-state index in [1.807, 2.05) is 48.5 Å². The number of anilines is 2. The van der Waals surface area contributed by atoms with Crippen LogP contribution in [-0.4, -0.2) is 38.9 Å². The summed E-state index contributed by atoms with van der Waals surface area (Å²) < 4.78 is 16.1. The molecular formula is C25H24N2O5S. The molecule has 7 nitrogen and oxygen atoms in total.